The van der Waals surface area contributed by atoms with Crippen molar-refractivity contribution in [2.24, 2.45) is 17.3 Å². The summed E-state index contributed by atoms with van der Waals surface area (Å²) in [6.45, 7) is 4.83. The average molecular weight is 138 g/mol. The maximum absolute atomic E-state index is 2.51. The largest absolute Gasteiger partial charge is 0.0654 e. The molecule has 0 radical (unpaired) electrons. The van der Waals surface area contributed by atoms with Crippen LogP contribution in [-0.2, 0) is 0 Å². The third kappa shape index (κ3) is 0.810. The summed E-state index contributed by atoms with van der Waals surface area (Å²) in [6.07, 6.45) is 7.50. The molecule has 0 spiro atoms. The summed E-state index contributed by atoms with van der Waals surface area (Å²) in [6, 6.07) is 0. The van der Waals surface area contributed by atoms with Crippen LogP contribution in [0.5, 0.6) is 0 Å². The molecule has 0 saturated heterocycles. The van der Waals surface area contributed by atoms with Gasteiger partial charge in [-0.25, -0.2) is 0 Å². The van der Waals surface area contributed by atoms with Crippen LogP contribution in [0.1, 0.15) is 46.0 Å². The molecule has 0 aromatic carbocycles. The monoisotopic (exact) mass is 138 g/mol. The van der Waals surface area contributed by atoms with Gasteiger partial charge in [0.1, 0.15) is 0 Å². The standard InChI is InChI=1S/C10H18/c1-3-5-10(2)6-4-8-7-9(8)10/h8-9H,3-7H2,1-2H3/t8-,9+,10+/m0/s1. The minimum atomic E-state index is 0.777. The molecule has 0 nitrogen and oxygen atoms in total. The summed E-state index contributed by atoms with van der Waals surface area (Å²) in [4.78, 5) is 0. The van der Waals surface area contributed by atoms with Crippen molar-refractivity contribution in [3.05, 3.63) is 0 Å². The second kappa shape index (κ2) is 1.99. The van der Waals surface area contributed by atoms with Gasteiger partial charge in [0.05, 0.1) is 0 Å². The minimum Gasteiger partial charge on any atom is -0.0654 e. The molecule has 2 aliphatic rings. The molecule has 2 fully saturated rings. The van der Waals surface area contributed by atoms with Gasteiger partial charge in [0.25, 0.3) is 0 Å². The van der Waals surface area contributed by atoms with E-state index >= 15 is 0 Å². The van der Waals surface area contributed by atoms with E-state index < -0.39 is 0 Å². The van der Waals surface area contributed by atoms with Crippen LogP contribution in [0.25, 0.3) is 0 Å². The molecule has 0 aromatic heterocycles. The van der Waals surface area contributed by atoms with Gasteiger partial charge in [0.2, 0.25) is 0 Å². The summed E-state index contributed by atoms with van der Waals surface area (Å²) in [5, 5.41) is 0. The smallest absolute Gasteiger partial charge is 0.0295 e. The van der Waals surface area contributed by atoms with Crippen molar-refractivity contribution in [1.82, 2.24) is 0 Å². The lowest BCUT2D eigenvalue weighted by Gasteiger charge is -2.25. The Kier molecular flexibility index (Phi) is 1.33. The fourth-order valence-electron chi connectivity index (χ4n) is 3.00. The van der Waals surface area contributed by atoms with Crippen LogP contribution in [0.2, 0.25) is 0 Å². The molecular weight excluding hydrogens is 120 g/mol. The number of hydrogen-bond donors (Lipinski definition) is 0. The van der Waals surface area contributed by atoms with E-state index in [0.717, 1.165) is 17.3 Å². The van der Waals surface area contributed by atoms with Crippen molar-refractivity contribution in [3.63, 3.8) is 0 Å². The molecule has 10 heavy (non-hydrogen) atoms. The van der Waals surface area contributed by atoms with Crippen molar-refractivity contribution in [2.45, 2.75) is 46.0 Å². The maximum Gasteiger partial charge on any atom is -0.0295 e. The summed E-state index contributed by atoms with van der Waals surface area (Å²) in [5.41, 5.74) is 0.777. The Labute approximate surface area is 64.0 Å². The highest BCUT2D eigenvalue weighted by molar-refractivity contribution is 5.03. The third-order valence-electron chi connectivity index (χ3n) is 3.73. The van der Waals surface area contributed by atoms with Gasteiger partial charge in [-0.3, -0.25) is 0 Å². The van der Waals surface area contributed by atoms with Gasteiger partial charge in [0, 0.05) is 0 Å². The van der Waals surface area contributed by atoms with Crippen molar-refractivity contribution in [1.29, 1.82) is 0 Å². The van der Waals surface area contributed by atoms with Gasteiger partial charge < -0.3 is 0 Å². The van der Waals surface area contributed by atoms with Gasteiger partial charge in [-0.2, -0.15) is 0 Å². The number of hydrogen-bond acceptors (Lipinski definition) is 0. The van der Waals surface area contributed by atoms with Gasteiger partial charge in [-0.1, -0.05) is 20.3 Å². The van der Waals surface area contributed by atoms with Crippen molar-refractivity contribution < 1.29 is 0 Å². The molecule has 0 heteroatoms. The van der Waals surface area contributed by atoms with Crippen molar-refractivity contribution in [3.8, 4) is 0 Å². The molecule has 3 atom stereocenters. The molecule has 0 aromatic rings. The van der Waals surface area contributed by atoms with Crippen LogP contribution in [0, 0.1) is 17.3 Å². The Balaban J connectivity index is 2.00. The molecule has 2 rings (SSSR count). The van der Waals surface area contributed by atoms with E-state index in [4.69, 9.17) is 0 Å². The van der Waals surface area contributed by atoms with E-state index in [1.54, 1.807) is 12.8 Å². The second-order valence-corrected chi connectivity index (χ2v) is 4.54. The zero-order valence-electron chi connectivity index (χ0n) is 7.19. The van der Waals surface area contributed by atoms with Crippen LogP contribution < -0.4 is 0 Å². The number of fused-ring (bicyclic) bond motifs is 1. The van der Waals surface area contributed by atoms with E-state index in [0.29, 0.717) is 0 Å². The lowest BCUT2D eigenvalue weighted by molar-refractivity contribution is 0.259. The van der Waals surface area contributed by atoms with Crippen LogP contribution in [0.15, 0.2) is 0 Å². The predicted molar refractivity (Wildman–Crippen MR) is 43.8 cm³/mol. The Hall–Kier alpha value is 0. The molecule has 0 bridgehead atoms. The van der Waals surface area contributed by atoms with E-state index in [2.05, 4.69) is 13.8 Å². The molecule has 0 heterocycles. The van der Waals surface area contributed by atoms with Crippen LogP contribution in [-0.4, -0.2) is 0 Å². The first-order chi connectivity index (χ1) is 4.76. The zero-order valence-corrected chi connectivity index (χ0v) is 7.19. The molecule has 0 unspecified atom stereocenters. The lowest BCUT2D eigenvalue weighted by Crippen LogP contribution is -2.14. The molecular formula is C10H18. The van der Waals surface area contributed by atoms with Crippen LogP contribution in [0.4, 0.5) is 0 Å². The van der Waals surface area contributed by atoms with Crippen molar-refractivity contribution >= 4 is 0 Å². The normalized spacial score (nSPS) is 51.0. The fourth-order valence-corrected chi connectivity index (χ4v) is 3.00. The Morgan fingerprint density at radius 1 is 1.50 bits per heavy atom. The molecule has 0 N–H and O–H groups in total. The second-order valence-electron chi connectivity index (χ2n) is 4.54. The predicted octanol–water partition coefficient (Wildman–Crippen LogP) is 3.22. The van der Waals surface area contributed by atoms with E-state index in [1.807, 2.05) is 0 Å². The van der Waals surface area contributed by atoms with Gasteiger partial charge in [-0.05, 0) is 42.9 Å². The third-order valence-corrected chi connectivity index (χ3v) is 3.73. The highest BCUT2D eigenvalue weighted by Crippen LogP contribution is 2.63. The zero-order chi connectivity index (χ0) is 7.19. The summed E-state index contributed by atoms with van der Waals surface area (Å²) in [7, 11) is 0. The van der Waals surface area contributed by atoms with Gasteiger partial charge >= 0.3 is 0 Å². The SMILES string of the molecule is CCC[C@]1(C)CC[C@H]2C[C@H]21. The van der Waals surface area contributed by atoms with Crippen LogP contribution >= 0.6 is 0 Å². The summed E-state index contributed by atoms with van der Waals surface area (Å²) in [5.74, 6) is 2.31. The van der Waals surface area contributed by atoms with E-state index in [1.165, 1.54) is 19.3 Å². The fraction of sp³-hybridized carbons (Fsp3) is 1.00. The molecule has 0 amide bonds. The molecule has 0 aliphatic heterocycles. The Bertz CT molecular complexity index is 139. The quantitative estimate of drug-likeness (QED) is 0.549. The first-order valence-electron chi connectivity index (χ1n) is 4.76. The maximum atomic E-state index is 2.51. The first kappa shape index (κ1) is 6.69. The van der Waals surface area contributed by atoms with Crippen LogP contribution in [0.3, 0.4) is 0 Å². The molecule has 2 saturated carbocycles. The van der Waals surface area contributed by atoms with Gasteiger partial charge in [-0.15, -0.1) is 0 Å². The highest BCUT2D eigenvalue weighted by Gasteiger charge is 2.54. The van der Waals surface area contributed by atoms with E-state index in [-0.39, 0.29) is 0 Å². The van der Waals surface area contributed by atoms with E-state index in [9.17, 15) is 0 Å². The Morgan fingerprint density at radius 3 is 2.70 bits per heavy atom. The average Bonchev–Trinajstić information content (AvgIpc) is 2.58. The number of rotatable bonds is 2. The Morgan fingerprint density at radius 2 is 2.30 bits per heavy atom. The lowest BCUT2D eigenvalue weighted by atomic mass is 9.81. The summed E-state index contributed by atoms with van der Waals surface area (Å²) < 4.78 is 0. The highest BCUT2D eigenvalue weighted by atomic mass is 14.6. The topological polar surface area (TPSA) is 0 Å². The first-order valence-corrected chi connectivity index (χ1v) is 4.76. The molecule has 58 valence electrons. The molecule has 2 aliphatic carbocycles. The minimum absolute atomic E-state index is 0.777. The van der Waals surface area contributed by atoms with Gasteiger partial charge in [0.15, 0.2) is 0 Å². The summed E-state index contributed by atoms with van der Waals surface area (Å²) >= 11 is 0. The van der Waals surface area contributed by atoms with Crippen molar-refractivity contribution in [2.75, 3.05) is 0 Å².